The molecule has 4 heterocycles. The molecule has 0 aliphatic rings. The lowest BCUT2D eigenvalue weighted by Gasteiger charge is -2.12. The first-order valence-electron chi connectivity index (χ1n) is 13.6. The van der Waals surface area contributed by atoms with Crippen LogP contribution in [0.5, 0.6) is 0 Å². The van der Waals surface area contributed by atoms with Gasteiger partial charge in [0.1, 0.15) is 17.5 Å². The second kappa shape index (κ2) is 8.90. The van der Waals surface area contributed by atoms with Crippen LogP contribution in [0.4, 0.5) is 0 Å². The van der Waals surface area contributed by atoms with Crippen LogP contribution in [0.3, 0.4) is 0 Å². The van der Waals surface area contributed by atoms with Crippen LogP contribution in [0.1, 0.15) is 11.1 Å². The molecule has 192 valence electrons. The molecular weight excluding hydrogens is 502 g/mol. The van der Waals surface area contributed by atoms with Gasteiger partial charge in [-0.05, 0) is 60.0 Å². The number of hydrogen-bond acceptors (Lipinski definition) is 3. The molecule has 4 aromatic carbocycles. The largest absolute Gasteiger partial charge is 0.294 e. The summed E-state index contributed by atoms with van der Waals surface area (Å²) in [5.74, 6) is 0.763. The number of aromatic nitrogens is 4. The Morgan fingerprint density at radius 1 is 0.659 bits per heavy atom. The van der Waals surface area contributed by atoms with E-state index in [0.29, 0.717) is 11.2 Å². The molecule has 8 rings (SSSR count). The highest BCUT2D eigenvalue weighted by Gasteiger charge is 2.24. The van der Waals surface area contributed by atoms with E-state index >= 15 is 0 Å². The van der Waals surface area contributed by atoms with Gasteiger partial charge < -0.3 is 0 Å². The maximum absolute atomic E-state index is 10.7. The van der Waals surface area contributed by atoms with Gasteiger partial charge in [-0.2, -0.15) is 5.26 Å². The number of pyridine rings is 2. The van der Waals surface area contributed by atoms with Crippen molar-refractivity contribution in [3.63, 3.8) is 0 Å². The predicted octanol–water partition coefficient (Wildman–Crippen LogP) is 8.52. The lowest BCUT2D eigenvalue weighted by molar-refractivity contribution is 1.05. The van der Waals surface area contributed by atoms with E-state index in [9.17, 15) is 5.26 Å². The molecule has 0 saturated heterocycles. The number of rotatable bonds is 3. The molecule has 4 aromatic heterocycles. The summed E-state index contributed by atoms with van der Waals surface area (Å²) in [6, 6.07) is 41.8. The topological polar surface area (TPSA) is 59.4 Å². The first-order valence-corrected chi connectivity index (χ1v) is 13.6. The molecule has 0 aliphatic carbocycles. The number of nitrogens with zero attached hydrogens (tertiary/aromatic N) is 5. The van der Waals surface area contributed by atoms with E-state index < -0.39 is 0 Å². The first-order chi connectivity index (χ1) is 20.2. The highest BCUT2D eigenvalue weighted by Crippen LogP contribution is 2.40. The van der Waals surface area contributed by atoms with Crippen molar-refractivity contribution >= 4 is 43.9 Å². The van der Waals surface area contributed by atoms with E-state index in [-0.39, 0.29) is 0 Å². The molecule has 0 radical (unpaired) electrons. The summed E-state index contributed by atoms with van der Waals surface area (Å²) in [4.78, 5) is 10.0. The molecule has 0 unspecified atom stereocenters. The van der Waals surface area contributed by atoms with E-state index in [2.05, 4.69) is 99.9 Å². The standard InChI is InChI=1S/C36H23N5/c1-23-11-2-3-14-26(23)24-12-10-13-25(21-24)40-30-17-6-4-15-27(30)33-29(22-37)34-28-16-5-7-18-31(28)41(36(34)39-35(33)40)32-19-8-9-20-38-32/h2-21H,1H3. The van der Waals surface area contributed by atoms with E-state index in [4.69, 9.17) is 4.98 Å². The molecule has 0 atom stereocenters. The molecule has 0 fully saturated rings. The van der Waals surface area contributed by atoms with Crippen LogP contribution in [0, 0.1) is 18.3 Å². The summed E-state index contributed by atoms with van der Waals surface area (Å²) in [5, 5.41) is 14.4. The SMILES string of the molecule is Cc1ccccc1-c1cccc(-n2c3ccccc3c3c(C#N)c4c5ccccc5n(-c5ccccn5)c4nc32)c1. The molecule has 0 aliphatic heterocycles. The zero-order valence-corrected chi connectivity index (χ0v) is 22.3. The van der Waals surface area contributed by atoms with Crippen molar-refractivity contribution in [2.75, 3.05) is 0 Å². The van der Waals surface area contributed by atoms with Crippen LogP contribution in [0.25, 0.3) is 66.5 Å². The Balaban J connectivity index is 1.55. The minimum atomic E-state index is 0.626. The molecular formula is C36H23N5. The van der Waals surface area contributed by atoms with Crippen LogP contribution in [0.2, 0.25) is 0 Å². The highest BCUT2D eigenvalue weighted by molar-refractivity contribution is 6.20. The fraction of sp³-hybridized carbons (Fsp3) is 0.0278. The van der Waals surface area contributed by atoms with Crippen LogP contribution in [-0.4, -0.2) is 19.1 Å². The Morgan fingerprint density at radius 3 is 2.02 bits per heavy atom. The summed E-state index contributed by atoms with van der Waals surface area (Å²) in [6.07, 6.45) is 1.79. The number of fused-ring (bicyclic) bond motifs is 6. The second-order valence-corrected chi connectivity index (χ2v) is 10.3. The quantitative estimate of drug-likeness (QED) is 0.232. The van der Waals surface area contributed by atoms with E-state index in [1.165, 1.54) is 11.1 Å². The summed E-state index contributed by atoms with van der Waals surface area (Å²) >= 11 is 0. The Hall–Kier alpha value is -5.73. The van der Waals surface area contributed by atoms with Crippen molar-refractivity contribution in [2.24, 2.45) is 0 Å². The van der Waals surface area contributed by atoms with Crippen LogP contribution in [-0.2, 0) is 0 Å². The summed E-state index contributed by atoms with van der Waals surface area (Å²) in [6.45, 7) is 2.14. The monoisotopic (exact) mass is 525 g/mol. The molecule has 5 heteroatoms. The molecule has 0 bridgehead atoms. The Morgan fingerprint density at radius 2 is 1.32 bits per heavy atom. The number of aryl methyl sites for hydroxylation is 1. The summed E-state index contributed by atoms with van der Waals surface area (Å²) in [7, 11) is 0. The van der Waals surface area contributed by atoms with E-state index in [1.54, 1.807) is 6.20 Å². The van der Waals surface area contributed by atoms with Gasteiger partial charge in [-0.25, -0.2) is 9.97 Å². The zero-order chi connectivity index (χ0) is 27.5. The predicted molar refractivity (Wildman–Crippen MR) is 166 cm³/mol. The normalized spacial score (nSPS) is 11.5. The van der Waals surface area contributed by atoms with Gasteiger partial charge in [-0.1, -0.05) is 78.9 Å². The minimum absolute atomic E-state index is 0.626. The summed E-state index contributed by atoms with van der Waals surface area (Å²) < 4.78 is 4.25. The number of hydrogen-bond donors (Lipinski definition) is 0. The van der Waals surface area contributed by atoms with Crippen molar-refractivity contribution in [1.29, 1.82) is 5.26 Å². The third-order valence-corrected chi connectivity index (χ3v) is 7.96. The Kier molecular flexibility index (Phi) is 5.03. The fourth-order valence-electron chi connectivity index (χ4n) is 6.18. The van der Waals surface area contributed by atoms with Gasteiger partial charge >= 0.3 is 0 Å². The average molecular weight is 526 g/mol. The lowest BCUT2D eigenvalue weighted by Crippen LogP contribution is -2.01. The number of nitriles is 1. The van der Waals surface area contributed by atoms with Gasteiger partial charge in [0.25, 0.3) is 0 Å². The molecule has 0 saturated carbocycles. The Bertz CT molecular complexity index is 2330. The van der Waals surface area contributed by atoms with E-state index in [0.717, 1.165) is 55.3 Å². The maximum atomic E-state index is 10.7. The van der Waals surface area contributed by atoms with Crippen LogP contribution < -0.4 is 0 Å². The lowest BCUT2D eigenvalue weighted by atomic mass is 10.0. The smallest absolute Gasteiger partial charge is 0.150 e. The minimum Gasteiger partial charge on any atom is -0.294 e. The van der Waals surface area contributed by atoms with Crippen molar-refractivity contribution < 1.29 is 0 Å². The number of para-hydroxylation sites is 2. The molecule has 5 nitrogen and oxygen atoms in total. The van der Waals surface area contributed by atoms with Crippen molar-refractivity contribution in [1.82, 2.24) is 19.1 Å². The molecule has 41 heavy (non-hydrogen) atoms. The van der Waals surface area contributed by atoms with Gasteiger partial charge in [0, 0.05) is 33.4 Å². The maximum Gasteiger partial charge on any atom is 0.150 e. The van der Waals surface area contributed by atoms with E-state index in [1.807, 2.05) is 42.5 Å². The molecule has 0 amide bonds. The Labute approximate surface area is 236 Å². The van der Waals surface area contributed by atoms with Gasteiger partial charge in [0.2, 0.25) is 0 Å². The van der Waals surface area contributed by atoms with Gasteiger partial charge in [0.15, 0.2) is 5.65 Å². The first kappa shape index (κ1) is 23.2. The van der Waals surface area contributed by atoms with Crippen molar-refractivity contribution in [3.05, 3.63) is 133 Å². The molecule has 0 N–H and O–H groups in total. The van der Waals surface area contributed by atoms with Crippen molar-refractivity contribution in [3.8, 4) is 28.7 Å². The van der Waals surface area contributed by atoms with Gasteiger partial charge in [-0.15, -0.1) is 0 Å². The third-order valence-electron chi connectivity index (χ3n) is 7.96. The third kappa shape index (κ3) is 3.35. The second-order valence-electron chi connectivity index (χ2n) is 10.3. The molecule has 0 spiro atoms. The highest BCUT2D eigenvalue weighted by atomic mass is 15.1. The van der Waals surface area contributed by atoms with Crippen LogP contribution in [0.15, 0.2) is 121 Å². The van der Waals surface area contributed by atoms with Crippen molar-refractivity contribution in [2.45, 2.75) is 6.92 Å². The van der Waals surface area contributed by atoms with Gasteiger partial charge in [-0.3, -0.25) is 9.13 Å². The average Bonchev–Trinajstić information content (AvgIpc) is 3.53. The van der Waals surface area contributed by atoms with Gasteiger partial charge in [0.05, 0.1) is 16.6 Å². The fourth-order valence-corrected chi connectivity index (χ4v) is 6.18. The summed E-state index contributed by atoms with van der Waals surface area (Å²) in [5.41, 5.74) is 8.61. The number of benzene rings is 4. The molecule has 8 aromatic rings. The zero-order valence-electron chi connectivity index (χ0n) is 22.3. The van der Waals surface area contributed by atoms with Crippen LogP contribution >= 0.6 is 0 Å².